The van der Waals surface area contributed by atoms with Crippen LogP contribution in [0.25, 0.3) is 0 Å². The number of hydrogen-bond donors (Lipinski definition) is 4. The number of sulfone groups is 1. The molecule has 12 nitrogen and oxygen atoms in total. The van der Waals surface area contributed by atoms with Crippen LogP contribution in [0.5, 0.6) is 0 Å². The molecule has 1 heterocycles. The van der Waals surface area contributed by atoms with Crippen LogP contribution in [-0.4, -0.2) is 79.3 Å². The number of primary amides is 1. The Morgan fingerprint density at radius 2 is 1.45 bits per heavy atom. The summed E-state index contributed by atoms with van der Waals surface area (Å²) in [6, 6.07) is 4.22. The second-order valence-corrected chi connectivity index (χ2v) is 19.2. The van der Waals surface area contributed by atoms with Crippen molar-refractivity contribution in [3.05, 3.63) is 35.9 Å². The number of nitrogens with one attached hydrogen (secondary N) is 3. The van der Waals surface area contributed by atoms with Gasteiger partial charge in [-0.25, -0.2) is 13.2 Å². The van der Waals surface area contributed by atoms with Gasteiger partial charge in [0.25, 0.3) is 5.91 Å². The van der Waals surface area contributed by atoms with Crippen molar-refractivity contribution >= 4 is 39.4 Å². The number of ketones is 1. The summed E-state index contributed by atoms with van der Waals surface area (Å²) >= 11 is 0. The fourth-order valence-electron chi connectivity index (χ4n) is 6.41. The quantitative estimate of drug-likeness (QED) is 0.227. The summed E-state index contributed by atoms with van der Waals surface area (Å²) in [6.07, 6.45) is 2.61. The van der Waals surface area contributed by atoms with Crippen LogP contribution in [0, 0.1) is 28.1 Å². The van der Waals surface area contributed by atoms with Crippen LogP contribution in [0.3, 0.4) is 0 Å². The number of likely N-dealkylation sites (tertiary alicyclic amines) is 1. The predicted octanol–water partition coefficient (Wildman–Crippen LogP) is 3.33. The minimum Gasteiger partial charge on any atom is -0.363 e. The van der Waals surface area contributed by atoms with Crippen LogP contribution in [0.15, 0.2) is 30.3 Å². The molecule has 3 unspecified atom stereocenters. The van der Waals surface area contributed by atoms with Crippen molar-refractivity contribution in [1.82, 2.24) is 20.9 Å². The average Bonchev–Trinajstić information content (AvgIpc) is 3.65. The third-order valence-electron chi connectivity index (χ3n) is 9.59. The van der Waals surface area contributed by atoms with E-state index in [1.807, 2.05) is 47.6 Å². The van der Waals surface area contributed by atoms with Gasteiger partial charge in [-0.1, -0.05) is 105 Å². The first-order valence-corrected chi connectivity index (χ1v) is 19.0. The van der Waals surface area contributed by atoms with Crippen LogP contribution in [-0.2, 0) is 34.8 Å². The van der Waals surface area contributed by atoms with Gasteiger partial charge in [0, 0.05) is 12.6 Å². The normalized spacial score (nSPS) is 20.6. The van der Waals surface area contributed by atoms with E-state index in [0.717, 1.165) is 12.8 Å². The molecule has 2 aliphatic rings. The Morgan fingerprint density at radius 1 is 0.857 bits per heavy atom. The summed E-state index contributed by atoms with van der Waals surface area (Å²) < 4.78 is 26.4. The maximum absolute atomic E-state index is 14.4. The lowest BCUT2D eigenvalue weighted by Gasteiger charge is -2.39. The highest BCUT2D eigenvalue weighted by Crippen LogP contribution is 2.40. The second-order valence-electron chi connectivity index (χ2n) is 17.1. The molecule has 5 N–H and O–H groups in total. The van der Waals surface area contributed by atoms with Gasteiger partial charge in [0.15, 0.2) is 9.84 Å². The van der Waals surface area contributed by atoms with Crippen LogP contribution >= 0.6 is 0 Å². The highest BCUT2D eigenvalue weighted by Gasteiger charge is 2.50. The highest BCUT2D eigenvalue weighted by molar-refractivity contribution is 7.90. The lowest BCUT2D eigenvalue weighted by molar-refractivity contribution is -0.145. The maximum atomic E-state index is 14.4. The molecule has 0 bridgehead atoms. The Bertz CT molecular complexity index is 1490. The van der Waals surface area contributed by atoms with Crippen molar-refractivity contribution in [1.29, 1.82) is 0 Å². The topological polar surface area (TPSA) is 185 Å². The fourth-order valence-corrected chi connectivity index (χ4v) is 8.32. The van der Waals surface area contributed by atoms with Gasteiger partial charge in [0.05, 0.1) is 17.5 Å². The molecule has 5 atom stereocenters. The van der Waals surface area contributed by atoms with E-state index in [1.165, 1.54) is 4.90 Å². The minimum atomic E-state index is -3.63. The number of hydrogen-bond acceptors (Lipinski definition) is 7. The molecule has 5 amide bonds. The number of amides is 5. The van der Waals surface area contributed by atoms with Gasteiger partial charge in [0.1, 0.15) is 12.1 Å². The number of carbonyl (C=O) groups excluding carboxylic acids is 5. The Labute approximate surface area is 292 Å². The van der Waals surface area contributed by atoms with Crippen LogP contribution in [0.1, 0.15) is 93.6 Å². The molecule has 274 valence electrons. The summed E-state index contributed by atoms with van der Waals surface area (Å²) in [5.74, 6) is -3.55. The number of rotatable bonds is 13. The number of nitrogens with zero attached hydrogens (tertiary/aromatic N) is 1. The SMILES string of the molecule is CC(C)(C)C1CCN(C(=O)[C@@H](NC(=O)N[C@H](CS(=O)(=O)Cc2ccccc2)C(C)(C)C)C(C)(C)C)C1C(=O)NC(CC1CC1)C(=O)C(N)=O. The van der Waals surface area contributed by atoms with E-state index in [0.29, 0.717) is 18.4 Å². The monoisotopic (exact) mass is 703 g/mol. The Hall–Kier alpha value is -3.48. The second kappa shape index (κ2) is 15.2. The standard InChI is InChI=1S/C36H57N5O7S/c1-34(2,3)24-17-18-41(27(24)31(44)38-25(19-22-15-16-22)28(42)30(37)43)32(45)29(36(7,8)9)40-33(46)39-26(35(4,5)6)21-49(47,48)20-23-13-11-10-12-14-23/h10-14,22,24-27,29H,15-21H2,1-9H3,(H2,37,43)(H,38,44)(H2,39,40,46)/t24?,25?,26-,27?,29-/m1/s1. The van der Waals surface area contributed by atoms with E-state index in [2.05, 4.69) is 16.0 Å². The Kier molecular flexibility index (Phi) is 12.4. The number of urea groups is 1. The Balaban J connectivity index is 1.85. The smallest absolute Gasteiger partial charge is 0.315 e. The fraction of sp³-hybridized carbons (Fsp3) is 0.694. The molecule has 1 aliphatic heterocycles. The predicted molar refractivity (Wildman–Crippen MR) is 189 cm³/mol. The largest absolute Gasteiger partial charge is 0.363 e. The van der Waals surface area contributed by atoms with Crippen molar-refractivity contribution in [3.63, 3.8) is 0 Å². The Morgan fingerprint density at radius 3 is 1.94 bits per heavy atom. The van der Waals surface area contributed by atoms with Crippen LogP contribution in [0.2, 0.25) is 0 Å². The van der Waals surface area contributed by atoms with Crippen molar-refractivity contribution in [3.8, 4) is 0 Å². The van der Waals surface area contributed by atoms with E-state index in [-0.39, 0.29) is 29.9 Å². The van der Waals surface area contributed by atoms with E-state index in [4.69, 9.17) is 5.73 Å². The molecular weight excluding hydrogens is 646 g/mol. The first-order valence-electron chi connectivity index (χ1n) is 17.2. The highest BCUT2D eigenvalue weighted by atomic mass is 32.2. The zero-order valence-corrected chi connectivity index (χ0v) is 31.4. The van der Waals surface area contributed by atoms with Gasteiger partial charge in [0.2, 0.25) is 17.6 Å². The number of nitrogens with two attached hydrogens (primary N) is 1. The molecule has 49 heavy (non-hydrogen) atoms. The molecule has 0 spiro atoms. The molecule has 1 aromatic rings. The van der Waals surface area contributed by atoms with E-state index < -0.39 is 79.8 Å². The summed E-state index contributed by atoms with van der Waals surface area (Å²) in [5, 5.41) is 8.40. The molecule has 1 aliphatic carbocycles. The van der Waals surface area contributed by atoms with Gasteiger partial charge in [-0.05, 0) is 46.5 Å². The molecule has 1 aromatic carbocycles. The van der Waals surface area contributed by atoms with Gasteiger partial charge in [-0.15, -0.1) is 0 Å². The molecule has 1 saturated carbocycles. The third kappa shape index (κ3) is 11.3. The van der Waals surface area contributed by atoms with Gasteiger partial charge in [-0.2, -0.15) is 0 Å². The van der Waals surface area contributed by atoms with Crippen LogP contribution < -0.4 is 21.7 Å². The lowest BCUT2D eigenvalue weighted by atomic mass is 9.75. The summed E-state index contributed by atoms with van der Waals surface area (Å²) in [4.78, 5) is 68.0. The van der Waals surface area contributed by atoms with Gasteiger partial charge in [-0.3, -0.25) is 19.2 Å². The maximum Gasteiger partial charge on any atom is 0.315 e. The average molecular weight is 704 g/mol. The van der Waals surface area contributed by atoms with Crippen molar-refractivity contribution in [2.24, 2.45) is 33.8 Å². The van der Waals surface area contributed by atoms with Crippen molar-refractivity contribution in [2.45, 2.75) is 118 Å². The lowest BCUT2D eigenvalue weighted by Crippen LogP contribution is -2.62. The summed E-state index contributed by atoms with van der Waals surface area (Å²) in [6.45, 7) is 17.1. The minimum absolute atomic E-state index is 0.174. The zero-order chi connectivity index (χ0) is 37.1. The van der Waals surface area contributed by atoms with Crippen LogP contribution in [0.4, 0.5) is 4.79 Å². The molecule has 0 radical (unpaired) electrons. The van der Waals surface area contributed by atoms with Gasteiger partial charge < -0.3 is 26.6 Å². The number of Topliss-reactive ketones (excluding diaryl/α,β-unsaturated/α-hetero) is 1. The third-order valence-corrected chi connectivity index (χ3v) is 11.2. The summed E-state index contributed by atoms with van der Waals surface area (Å²) in [7, 11) is -3.63. The molecule has 13 heteroatoms. The number of carbonyl (C=O) groups is 5. The van der Waals surface area contributed by atoms with Gasteiger partial charge >= 0.3 is 6.03 Å². The first-order chi connectivity index (χ1) is 22.4. The number of benzene rings is 1. The van der Waals surface area contributed by atoms with Crippen molar-refractivity contribution < 1.29 is 32.4 Å². The van der Waals surface area contributed by atoms with E-state index >= 15 is 0 Å². The molecule has 3 rings (SSSR count). The van der Waals surface area contributed by atoms with E-state index in [9.17, 15) is 32.4 Å². The van der Waals surface area contributed by atoms with Crippen molar-refractivity contribution in [2.75, 3.05) is 12.3 Å². The van der Waals surface area contributed by atoms with E-state index in [1.54, 1.807) is 45.0 Å². The zero-order valence-electron chi connectivity index (χ0n) is 30.6. The molecular formula is C36H57N5O7S. The molecule has 2 fully saturated rings. The summed E-state index contributed by atoms with van der Waals surface area (Å²) in [5.41, 5.74) is 4.12. The molecule has 0 aromatic heterocycles. The first kappa shape index (κ1) is 40.0. The molecule has 1 saturated heterocycles.